The molecule has 1 heterocycles. The van der Waals surface area contributed by atoms with E-state index in [1.54, 1.807) is 30.3 Å². The minimum absolute atomic E-state index is 0.300. The average Bonchev–Trinajstić information content (AvgIpc) is 2.89. The van der Waals surface area contributed by atoms with E-state index >= 15 is 0 Å². The van der Waals surface area contributed by atoms with E-state index in [0.29, 0.717) is 5.56 Å². The van der Waals surface area contributed by atoms with Gasteiger partial charge in [0.15, 0.2) is 0 Å². The monoisotopic (exact) mass is 322 g/mol. The minimum atomic E-state index is -2.88. The Hall–Kier alpha value is -2.77. The summed E-state index contributed by atoms with van der Waals surface area (Å²) < 4.78 is 27.0. The number of nitrogens with two attached hydrogens (primary N) is 1. The Morgan fingerprint density at radius 2 is 1.91 bits per heavy atom. The van der Waals surface area contributed by atoms with Crippen LogP contribution in [0.5, 0.6) is 0 Å². The second kappa shape index (κ2) is 6.15. The predicted molar refractivity (Wildman–Crippen MR) is 78.6 cm³/mol. The number of hydrogen-bond donors (Lipinski definition) is 2. The van der Waals surface area contributed by atoms with E-state index in [1.165, 1.54) is 14.0 Å². The molecule has 2 rings (SSSR count). The number of benzene rings is 1. The van der Waals surface area contributed by atoms with Gasteiger partial charge in [0.2, 0.25) is 5.91 Å². The molecule has 1 atom stereocenters. The Balaban J connectivity index is 2.39. The van der Waals surface area contributed by atoms with Crippen molar-refractivity contribution in [1.82, 2.24) is 15.1 Å². The standard InChI is InChI=1S/C15H16F2N4O2/c1-15(14(18)23,9-6-4-3-5-7-9)20-13(22)10-8-19-21(2)11(10)12(16)17/h3-8,12H,1-2H3,(H2,18,23)(H,20,22)/t15-/m1/s1. The second-order valence-electron chi connectivity index (χ2n) is 5.18. The van der Waals surface area contributed by atoms with Gasteiger partial charge in [0.05, 0.1) is 11.8 Å². The van der Waals surface area contributed by atoms with Crippen molar-refractivity contribution in [2.24, 2.45) is 12.8 Å². The minimum Gasteiger partial charge on any atom is -0.367 e. The largest absolute Gasteiger partial charge is 0.367 e. The van der Waals surface area contributed by atoms with Crippen LogP contribution in [0.1, 0.15) is 35.0 Å². The summed E-state index contributed by atoms with van der Waals surface area (Å²) in [5.41, 5.74) is 3.50. The van der Waals surface area contributed by atoms with Gasteiger partial charge >= 0.3 is 0 Å². The molecule has 0 saturated carbocycles. The first-order valence-electron chi connectivity index (χ1n) is 6.75. The quantitative estimate of drug-likeness (QED) is 0.874. The van der Waals surface area contributed by atoms with Crippen molar-refractivity contribution in [3.05, 3.63) is 53.3 Å². The van der Waals surface area contributed by atoms with Gasteiger partial charge in [0.1, 0.15) is 11.2 Å². The van der Waals surface area contributed by atoms with Crippen molar-refractivity contribution in [2.45, 2.75) is 18.9 Å². The Bertz CT molecular complexity index is 730. The molecule has 0 aliphatic rings. The first kappa shape index (κ1) is 16.6. The zero-order valence-electron chi connectivity index (χ0n) is 12.6. The molecule has 122 valence electrons. The lowest BCUT2D eigenvalue weighted by Crippen LogP contribution is -2.52. The maximum atomic E-state index is 13.1. The Morgan fingerprint density at radius 1 is 1.30 bits per heavy atom. The molecule has 6 nitrogen and oxygen atoms in total. The third-order valence-corrected chi connectivity index (χ3v) is 3.64. The van der Waals surface area contributed by atoms with E-state index in [4.69, 9.17) is 5.73 Å². The Morgan fingerprint density at radius 3 is 2.43 bits per heavy atom. The van der Waals surface area contributed by atoms with Crippen LogP contribution in [-0.4, -0.2) is 21.6 Å². The number of carbonyl (C=O) groups excluding carboxylic acids is 2. The Kier molecular flexibility index (Phi) is 4.44. The first-order valence-corrected chi connectivity index (χ1v) is 6.75. The van der Waals surface area contributed by atoms with Crippen LogP contribution in [0.15, 0.2) is 36.5 Å². The molecule has 0 unspecified atom stereocenters. The molecule has 2 aromatic rings. The molecule has 23 heavy (non-hydrogen) atoms. The van der Waals surface area contributed by atoms with Gasteiger partial charge in [-0.1, -0.05) is 30.3 Å². The number of nitrogens with zero attached hydrogens (tertiary/aromatic N) is 2. The Labute approximate surface area is 131 Å². The molecule has 3 N–H and O–H groups in total. The van der Waals surface area contributed by atoms with Gasteiger partial charge < -0.3 is 11.1 Å². The van der Waals surface area contributed by atoms with Crippen LogP contribution in [-0.2, 0) is 17.4 Å². The van der Waals surface area contributed by atoms with Gasteiger partial charge in [-0.3, -0.25) is 14.3 Å². The number of nitrogens with one attached hydrogen (secondary N) is 1. The van der Waals surface area contributed by atoms with Crippen LogP contribution >= 0.6 is 0 Å². The summed E-state index contributed by atoms with van der Waals surface area (Å²) in [6.45, 7) is 1.42. The van der Waals surface area contributed by atoms with Crippen LogP contribution in [0.25, 0.3) is 0 Å². The summed E-state index contributed by atoms with van der Waals surface area (Å²) in [6.07, 6.45) is -1.84. The lowest BCUT2D eigenvalue weighted by atomic mass is 9.91. The summed E-state index contributed by atoms with van der Waals surface area (Å²) in [5, 5.41) is 6.10. The van der Waals surface area contributed by atoms with Crippen LogP contribution in [0.2, 0.25) is 0 Å². The molecule has 0 radical (unpaired) electrons. The van der Waals surface area contributed by atoms with Crippen LogP contribution in [0.3, 0.4) is 0 Å². The summed E-state index contributed by atoms with van der Waals surface area (Å²) in [6, 6.07) is 8.32. The highest BCUT2D eigenvalue weighted by molar-refractivity contribution is 5.99. The zero-order valence-corrected chi connectivity index (χ0v) is 12.6. The molecule has 1 aromatic heterocycles. The van der Waals surface area contributed by atoms with E-state index in [-0.39, 0.29) is 5.56 Å². The topological polar surface area (TPSA) is 90.0 Å². The van der Waals surface area contributed by atoms with Crippen LogP contribution in [0.4, 0.5) is 8.78 Å². The fraction of sp³-hybridized carbons (Fsp3) is 0.267. The van der Waals surface area contributed by atoms with Gasteiger partial charge in [-0.15, -0.1) is 0 Å². The summed E-state index contributed by atoms with van der Waals surface area (Å²) in [4.78, 5) is 24.2. The van der Waals surface area contributed by atoms with Crippen molar-refractivity contribution in [3.8, 4) is 0 Å². The van der Waals surface area contributed by atoms with E-state index in [1.807, 2.05) is 0 Å². The van der Waals surface area contributed by atoms with Crippen LogP contribution in [0, 0.1) is 0 Å². The van der Waals surface area contributed by atoms with Gasteiger partial charge in [0, 0.05) is 7.05 Å². The molecule has 0 saturated heterocycles. The summed E-state index contributed by atoms with van der Waals surface area (Å²) in [7, 11) is 1.31. The molecule has 0 spiro atoms. The molecule has 8 heteroatoms. The van der Waals surface area contributed by atoms with Gasteiger partial charge in [0.25, 0.3) is 12.3 Å². The first-order chi connectivity index (χ1) is 10.8. The lowest BCUT2D eigenvalue weighted by molar-refractivity contribution is -0.123. The molecular weight excluding hydrogens is 306 g/mol. The van der Waals surface area contributed by atoms with E-state index < -0.39 is 29.5 Å². The SMILES string of the molecule is Cn1ncc(C(=O)N[C@@](C)(C(N)=O)c2ccccc2)c1C(F)F. The fourth-order valence-electron chi connectivity index (χ4n) is 2.22. The number of halogens is 2. The molecular formula is C15H16F2N4O2. The smallest absolute Gasteiger partial charge is 0.280 e. The number of rotatable bonds is 5. The highest BCUT2D eigenvalue weighted by Gasteiger charge is 2.36. The third-order valence-electron chi connectivity index (χ3n) is 3.64. The van der Waals surface area contributed by atoms with E-state index in [0.717, 1.165) is 10.9 Å². The zero-order chi connectivity index (χ0) is 17.2. The highest BCUT2D eigenvalue weighted by atomic mass is 19.3. The summed E-state index contributed by atoms with van der Waals surface area (Å²) >= 11 is 0. The highest BCUT2D eigenvalue weighted by Crippen LogP contribution is 2.25. The van der Waals surface area contributed by atoms with Crippen molar-refractivity contribution in [1.29, 1.82) is 0 Å². The fourth-order valence-corrected chi connectivity index (χ4v) is 2.22. The maximum Gasteiger partial charge on any atom is 0.280 e. The molecule has 0 aliphatic heterocycles. The number of amides is 2. The van der Waals surface area contributed by atoms with Gasteiger partial charge in [-0.2, -0.15) is 5.10 Å². The number of alkyl halides is 2. The van der Waals surface area contributed by atoms with Crippen molar-refractivity contribution in [2.75, 3.05) is 0 Å². The normalized spacial score (nSPS) is 13.6. The lowest BCUT2D eigenvalue weighted by Gasteiger charge is -2.28. The average molecular weight is 322 g/mol. The number of aryl methyl sites for hydroxylation is 1. The molecule has 1 aromatic carbocycles. The molecule has 0 aliphatic carbocycles. The number of carbonyl (C=O) groups is 2. The maximum absolute atomic E-state index is 13.1. The third kappa shape index (κ3) is 3.05. The van der Waals surface area contributed by atoms with Crippen LogP contribution < -0.4 is 11.1 Å². The van der Waals surface area contributed by atoms with Crippen molar-refractivity contribution >= 4 is 11.8 Å². The molecule has 0 bridgehead atoms. The van der Waals surface area contributed by atoms with E-state index in [2.05, 4.69) is 10.4 Å². The molecule has 2 amide bonds. The second-order valence-corrected chi connectivity index (χ2v) is 5.18. The predicted octanol–water partition coefficient (Wildman–Crippen LogP) is 1.49. The van der Waals surface area contributed by atoms with E-state index in [9.17, 15) is 18.4 Å². The number of primary amides is 1. The van der Waals surface area contributed by atoms with Gasteiger partial charge in [-0.25, -0.2) is 8.78 Å². The number of hydrogen-bond acceptors (Lipinski definition) is 3. The molecule has 0 fully saturated rings. The number of aromatic nitrogens is 2. The summed E-state index contributed by atoms with van der Waals surface area (Å²) in [5.74, 6) is -1.65. The van der Waals surface area contributed by atoms with Gasteiger partial charge in [-0.05, 0) is 12.5 Å². The van der Waals surface area contributed by atoms with Crippen molar-refractivity contribution < 1.29 is 18.4 Å². The van der Waals surface area contributed by atoms with Crippen molar-refractivity contribution in [3.63, 3.8) is 0 Å².